The van der Waals surface area contributed by atoms with E-state index in [1.165, 1.54) is 0 Å². The van der Waals surface area contributed by atoms with Gasteiger partial charge in [-0.3, -0.25) is 4.79 Å². The van der Waals surface area contributed by atoms with Crippen LogP contribution in [0.1, 0.15) is 22.3 Å². The maximum atomic E-state index is 11.7. The van der Waals surface area contributed by atoms with E-state index in [0.29, 0.717) is 31.5 Å². The third-order valence-electron chi connectivity index (χ3n) is 2.98. The van der Waals surface area contributed by atoms with Crippen molar-refractivity contribution in [2.24, 2.45) is 0 Å². The Balaban J connectivity index is 2.57. The summed E-state index contributed by atoms with van der Waals surface area (Å²) in [4.78, 5) is 24.4. The zero-order valence-corrected chi connectivity index (χ0v) is 11.3. The van der Waals surface area contributed by atoms with Gasteiger partial charge < -0.3 is 15.3 Å². The molecule has 0 atom stereocenters. The Kier molecular flexibility index (Phi) is 6.02. The lowest BCUT2D eigenvalue weighted by Crippen LogP contribution is -2.31. The van der Waals surface area contributed by atoms with Gasteiger partial charge in [-0.15, -0.1) is 0 Å². The Bertz CT molecular complexity index is 446. The molecule has 19 heavy (non-hydrogen) atoms. The molecular formula is C14H20N2O3. The third-order valence-corrected chi connectivity index (χ3v) is 2.98. The van der Waals surface area contributed by atoms with Crippen molar-refractivity contribution in [2.45, 2.75) is 12.8 Å². The molecular weight excluding hydrogens is 244 g/mol. The van der Waals surface area contributed by atoms with Crippen LogP contribution in [0, 0.1) is 0 Å². The van der Waals surface area contributed by atoms with Crippen molar-refractivity contribution in [2.75, 3.05) is 27.2 Å². The second-order valence-electron chi connectivity index (χ2n) is 4.38. The molecule has 0 saturated heterocycles. The highest BCUT2D eigenvalue weighted by atomic mass is 16.4. The molecule has 5 heteroatoms. The molecule has 0 unspecified atom stereocenters. The summed E-state index contributed by atoms with van der Waals surface area (Å²) in [5.74, 6) is -0.873. The quantitative estimate of drug-likeness (QED) is 0.770. The largest absolute Gasteiger partial charge is 0.478 e. The van der Waals surface area contributed by atoms with Crippen LogP contribution in [0.4, 0.5) is 0 Å². The minimum absolute atomic E-state index is 0.0576. The van der Waals surface area contributed by atoms with Crippen LogP contribution in [0.15, 0.2) is 24.3 Å². The van der Waals surface area contributed by atoms with Gasteiger partial charge in [-0.2, -0.15) is 0 Å². The smallest absolute Gasteiger partial charge is 0.335 e. The Morgan fingerprint density at radius 1 is 1.32 bits per heavy atom. The Hall–Kier alpha value is -1.88. The zero-order valence-electron chi connectivity index (χ0n) is 11.3. The van der Waals surface area contributed by atoms with Crippen LogP contribution >= 0.6 is 0 Å². The first-order valence-corrected chi connectivity index (χ1v) is 6.26. The highest BCUT2D eigenvalue weighted by Gasteiger charge is 2.12. The van der Waals surface area contributed by atoms with Gasteiger partial charge in [0.05, 0.1) is 5.56 Å². The summed E-state index contributed by atoms with van der Waals surface area (Å²) in [5, 5.41) is 12.0. The van der Waals surface area contributed by atoms with Crippen LogP contribution in [0.2, 0.25) is 0 Å². The van der Waals surface area contributed by atoms with Crippen molar-refractivity contribution in [3.63, 3.8) is 0 Å². The lowest BCUT2D eigenvalue weighted by atomic mass is 10.0. The fourth-order valence-corrected chi connectivity index (χ4v) is 1.78. The molecule has 0 radical (unpaired) electrons. The molecule has 0 aromatic heterocycles. The van der Waals surface area contributed by atoms with Gasteiger partial charge in [0.2, 0.25) is 5.91 Å². The fourth-order valence-electron chi connectivity index (χ4n) is 1.78. The van der Waals surface area contributed by atoms with Crippen molar-refractivity contribution < 1.29 is 14.7 Å². The molecule has 1 aromatic carbocycles. The summed E-state index contributed by atoms with van der Waals surface area (Å²) in [6.07, 6.45) is 0.998. The van der Waals surface area contributed by atoms with E-state index in [4.69, 9.17) is 5.11 Å². The van der Waals surface area contributed by atoms with Crippen LogP contribution in [0.3, 0.4) is 0 Å². The van der Waals surface area contributed by atoms with Crippen molar-refractivity contribution >= 4 is 11.9 Å². The number of aromatic carboxylic acids is 1. The number of hydrogen-bond acceptors (Lipinski definition) is 3. The van der Waals surface area contributed by atoms with Crippen LogP contribution in [0.25, 0.3) is 0 Å². The second kappa shape index (κ2) is 7.53. The van der Waals surface area contributed by atoms with E-state index >= 15 is 0 Å². The number of hydrogen-bond donors (Lipinski definition) is 2. The molecule has 104 valence electrons. The van der Waals surface area contributed by atoms with Gasteiger partial charge in [-0.05, 0) is 25.1 Å². The van der Waals surface area contributed by atoms with Gasteiger partial charge in [-0.1, -0.05) is 18.2 Å². The molecule has 2 N–H and O–H groups in total. The minimum Gasteiger partial charge on any atom is -0.478 e. The van der Waals surface area contributed by atoms with Crippen LogP contribution in [-0.4, -0.2) is 49.1 Å². The first-order valence-electron chi connectivity index (χ1n) is 6.26. The fraction of sp³-hybridized carbons (Fsp3) is 0.429. The van der Waals surface area contributed by atoms with E-state index in [1.807, 2.05) is 6.07 Å². The molecule has 0 heterocycles. The summed E-state index contributed by atoms with van der Waals surface area (Å²) in [6.45, 7) is 1.17. The lowest BCUT2D eigenvalue weighted by molar-refractivity contribution is -0.129. The first kappa shape index (κ1) is 15.2. The van der Waals surface area contributed by atoms with E-state index in [-0.39, 0.29) is 5.91 Å². The standard InChI is InChI=1S/C14H20N2O3/c1-15-9-7-13(17)16(2)10-8-11-5-3-4-6-12(11)14(18)19/h3-6,15H,7-10H2,1-2H3,(H,18,19). The SMILES string of the molecule is CNCCC(=O)N(C)CCc1ccccc1C(=O)O. The number of carbonyl (C=O) groups is 2. The zero-order chi connectivity index (χ0) is 14.3. The van der Waals surface area contributed by atoms with Gasteiger partial charge in [0.1, 0.15) is 0 Å². The molecule has 1 aromatic rings. The maximum absolute atomic E-state index is 11.7. The average molecular weight is 264 g/mol. The Morgan fingerprint density at radius 3 is 2.63 bits per heavy atom. The van der Waals surface area contributed by atoms with Crippen LogP contribution in [0.5, 0.6) is 0 Å². The predicted octanol–water partition coefficient (Wildman–Crippen LogP) is 0.995. The van der Waals surface area contributed by atoms with E-state index in [1.54, 1.807) is 37.2 Å². The number of nitrogens with zero attached hydrogens (tertiary/aromatic N) is 1. The number of rotatable bonds is 7. The third kappa shape index (κ3) is 4.71. The van der Waals surface area contributed by atoms with E-state index in [2.05, 4.69) is 5.32 Å². The first-order chi connectivity index (χ1) is 9.06. The highest BCUT2D eigenvalue weighted by molar-refractivity contribution is 5.89. The molecule has 0 spiro atoms. The van der Waals surface area contributed by atoms with E-state index in [9.17, 15) is 9.59 Å². The highest BCUT2D eigenvalue weighted by Crippen LogP contribution is 2.10. The monoisotopic (exact) mass is 264 g/mol. The van der Waals surface area contributed by atoms with Gasteiger partial charge >= 0.3 is 5.97 Å². The summed E-state index contributed by atoms with van der Waals surface area (Å²) < 4.78 is 0. The normalized spacial score (nSPS) is 10.2. The maximum Gasteiger partial charge on any atom is 0.335 e. The van der Waals surface area contributed by atoms with Gasteiger partial charge in [-0.25, -0.2) is 4.79 Å². The number of carbonyl (C=O) groups excluding carboxylic acids is 1. The van der Waals surface area contributed by atoms with Crippen molar-refractivity contribution in [3.8, 4) is 0 Å². The molecule has 1 rings (SSSR count). The van der Waals surface area contributed by atoms with Crippen molar-refractivity contribution in [1.82, 2.24) is 10.2 Å². The van der Waals surface area contributed by atoms with Gasteiger partial charge in [0.15, 0.2) is 0 Å². The average Bonchev–Trinajstić information content (AvgIpc) is 2.42. The number of amides is 1. The summed E-state index contributed by atoms with van der Waals surface area (Å²) >= 11 is 0. The Morgan fingerprint density at radius 2 is 2.00 bits per heavy atom. The lowest BCUT2D eigenvalue weighted by Gasteiger charge is -2.17. The molecule has 5 nitrogen and oxygen atoms in total. The van der Waals surface area contributed by atoms with Crippen molar-refractivity contribution in [1.29, 1.82) is 0 Å². The van der Waals surface area contributed by atoms with E-state index in [0.717, 1.165) is 5.56 Å². The molecule has 0 aliphatic heterocycles. The molecule has 0 fully saturated rings. The topological polar surface area (TPSA) is 69.6 Å². The number of benzene rings is 1. The summed E-state index contributed by atoms with van der Waals surface area (Å²) in [7, 11) is 3.54. The summed E-state index contributed by atoms with van der Waals surface area (Å²) in [5.41, 5.74) is 1.06. The number of carboxylic acids is 1. The number of likely N-dealkylation sites (N-methyl/N-ethyl adjacent to an activating group) is 1. The van der Waals surface area contributed by atoms with E-state index < -0.39 is 5.97 Å². The molecule has 0 aliphatic rings. The van der Waals surface area contributed by atoms with Crippen LogP contribution in [-0.2, 0) is 11.2 Å². The predicted molar refractivity (Wildman–Crippen MR) is 73.3 cm³/mol. The van der Waals surface area contributed by atoms with Gasteiger partial charge in [0, 0.05) is 26.6 Å². The number of nitrogens with one attached hydrogen (secondary N) is 1. The summed E-state index contributed by atoms with van der Waals surface area (Å²) in [6, 6.07) is 6.88. The number of carboxylic acid groups (broad SMARTS) is 1. The van der Waals surface area contributed by atoms with Crippen molar-refractivity contribution in [3.05, 3.63) is 35.4 Å². The van der Waals surface area contributed by atoms with Crippen LogP contribution < -0.4 is 5.32 Å². The minimum atomic E-state index is -0.931. The molecule has 0 bridgehead atoms. The molecule has 0 aliphatic carbocycles. The second-order valence-corrected chi connectivity index (χ2v) is 4.38. The van der Waals surface area contributed by atoms with Gasteiger partial charge in [0.25, 0.3) is 0 Å². The molecule has 0 saturated carbocycles. The Labute approximate surface area is 113 Å². The molecule has 1 amide bonds.